The molecule has 59 valence electrons. The van der Waals surface area contributed by atoms with Crippen molar-refractivity contribution in [2.24, 2.45) is 0 Å². The summed E-state index contributed by atoms with van der Waals surface area (Å²) in [6.07, 6.45) is 6.34. The van der Waals surface area contributed by atoms with E-state index in [-0.39, 0.29) is 0 Å². The van der Waals surface area contributed by atoms with Crippen molar-refractivity contribution in [2.45, 2.75) is 38.1 Å². The normalized spacial score (nSPS) is 26.7. The first kappa shape index (κ1) is 8.02. The van der Waals surface area contributed by atoms with Crippen LogP contribution in [0.2, 0.25) is 0 Å². The summed E-state index contributed by atoms with van der Waals surface area (Å²) in [5.74, 6) is 0. The SMILES string of the molecule is [NH]CCCC1CCCCN1. The first-order valence-corrected chi connectivity index (χ1v) is 4.31. The molecule has 1 heterocycles. The lowest BCUT2D eigenvalue weighted by Gasteiger charge is -2.22. The van der Waals surface area contributed by atoms with Gasteiger partial charge in [0.2, 0.25) is 0 Å². The van der Waals surface area contributed by atoms with Crippen molar-refractivity contribution in [1.82, 2.24) is 11.1 Å². The van der Waals surface area contributed by atoms with Crippen LogP contribution >= 0.6 is 0 Å². The summed E-state index contributed by atoms with van der Waals surface area (Å²) in [6, 6.07) is 0.735. The van der Waals surface area contributed by atoms with Crippen LogP contribution in [0.5, 0.6) is 0 Å². The zero-order valence-corrected chi connectivity index (χ0v) is 6.53. The largest absolute Gasteiger partial charge is 0.314 e. The first-order valence-electron chi connectivity index (χ1n) is 4.31. The van der Waals surface area contributed by atoms with Gasteiger partial charge in [-0.25, -0.2) is 0 Å². The van der Waals surface area contributed by atoms with Gasteiger partial charge >= 0.3 is 0 Å². The lowest BCUT2D eigenvalue weighted by Crippen LogP contribution is -2.33. The fourth-order valence-electron chi connectivity index (χ4n) is 1.52. The summed E-state index contributed by atoms with van der Waals surface area (Å²) in [5, 5.41) is 3.47. The number of hydrogen-bond donors (Lipinski definition) is 1. The Morgan fingerprint density at radius 1 is 1.40 bits per heavy atom. The molecule has 2 nitrogen and oxygen atoms in total. The Hall–Kier alpha value is -0.0800. The third-order valence-electron chi connectivity index (χ3n) is 2.14. The second-order valence-corrected chi connectivity index (χ2v) is 3.04. The number of hydrogen-bond acceptors (Lipinski definition) is 1. The average Bonchev–Trinajstić information content (AvgIpc) is 2.03. The predicted molar refractivity (Wildman–Crippen MR) is 42.8 cm³/mol. The fraction of sp³-hybridized carbons (Fsp3) is 1.00. The Bertz CT molecular complexity index is 77.3. The van der Waals surface area contributed by atoms with E-state index >= 15 is 0 Å². The molecule has 1 aliphatic rings. The van der Waals surface area contributed by atoms with Crippen LogP contribution in [0, 0.1) is 0 Å². The lowest BCUT2D eigenvalue weighted by molar-refractivity contribution is 0.377. The molecule has 1 atom stereocenters. The van der Waals surface area contributed by atoms with Crippen molar-refractivity contribution in [1.29, 1.82) is 0 Å². The standard InChI is InChI=1S/C8H17N2/c9-6-3-5-8-4-1-2-7-10-8/h8-10H,1-7H2. The van der Waals surface area contributed by atoms with Gasteiger partial charge in [0.25, 0.3) is 0 Å². The second-order valence-electron chi connectivity index (χ2n) is 3.04. The van der Waals surface area contributed by atoms with E-state index in [0.717, 1.165) is 12.5 Å². The number of rotatable bonds is 3. The molecule has 10 heavy (non-hydrogen) atoms. The van der Waals surface area contributed by atoms with Crippen molar-refractivity contribution in [3.63, 3.8) is 0 Å². The molecular weight excluding hydrogens is 124 g/mol. The van der Waals surface area contributed by atoms with Crippen LogP contribution in [0.15, 0.2) is 0 Å². The molecule has 1 fully saturated rings. The van der Waals surface area contributed by atoms with Gasteiger partial charge in [-0.15, -0.1) is 0 Å². The van der Waals surface area contributed by atoms with Gasteiger partial charge in [-0.1, -0.05) is 6.42 Å². The van der Waals surface area contributed by atoms with Crippen LogP contribution < -0.4 is 11.1 Å². The van der Waals surface area contributed by atoms with Gasteiger partial charge in [0.05, 0.1) is 0 Å². The van der Waals surface area contributed by atoms with Crippen LogP contribution in [0.4, 0.5) is 0 Å². The molecule has 1 unspecified atom stereocenters. The molecule has 0 amide bonds. The molecule has 2 N–H and O–H groups in total. The van der Waals surface area contributed by atoms with Crippen LogP contribution in [-0.4, -0.2) is 19.1 Å². The van der Waals surface area contributed by atoms with Gasteiger partial charge in [0.15, 0.2) is 0 Å². The van der Waals surface area contributed by atoms with Gasteiger partial charge in [-0.05, 0) is 32.2 Å². The summed E-state index contributed by atoms with van der Waals surface area (Å²) in [7, 11) is 0. The van der Waals surface area contributed by atoms with Crippen LogP contribution in [0.1, 0.15) is 32.1 Å². The van der Waals surface area contributed by atoms with Crippen molar-refractivity contribution in [2.75, 3.05) is 13.1 Å². The van der Waals surface area contributed by atoms with E-state index in [1.54, 1.807) is 0 Å². The van der Waals surface area contributed by atoms with Crippen molar-refractivity contribution in [3.8, 4) is 0 Å². The molecule has 0 aromatic rings. The quantitative estimate of drug-likeness (QED) is 0.629. The van der Waals surface area contributed by atoms with Crippen LogP contribution in [0.25, 0.3) is 0 Å². The molecule has 1 rings (SSSR count). The highest BCUT2D eigenvalue weighted by atomic mass is 14.9. The maximum Gasteiger partial charge on any atom is 0.0100 e. The summed E-state index contributed by atoms with van der Waals surface area (Å²) in [4.78, 5) is 0. The Labute approximate surface area is 63.2 Å². The minimum absolute atomic E-state index is 0.595. The third-order valence-corrected chi connectivity index (χ3v) is 2.14. The molecule has 0 aromatic carbocycles. The Morgan fingerprint density at radius 3 is 2.90 bits per heavy atom. The van der Waals surface area contributed by atoms with E-state index in [9.17, 15) is 0 Å². The Morgan fingerprint density at radius 2 is 2.30 bits per heavy atom. The minimum Gasteiger partial charge on any atom is -0.314 e. The van der Waals surface area contributed by atoms with E-state index in [4.69, 9.17) is 5.73 Å². The van der Waals surface area contributed by atoms with Crippen molar-refractivity contribution in [3.05, 3.63) is 0 Å². The fourth-order valence-corrected chi connectivity index (χ4v) is 1.52. The molecule has 1 saturated heterocycles. The number of nitrogens with one attached hydrogen (secondary N) is 2. The van der Waals surface area contributed by atoms with E-state index in [1.807, 2.05) is 0 Å². The predicted octanol–water partition coefficient (Wildman–Crippen LogP) is 1.19. The van der Waals surface area contributed by atoms with Crippen LogP contribution in [-0.2, 0) is 0 Å². The minimum atomic E-state index is 0.595. The van der Waals surface area contributed by atoms with Crippen molar-refractivity contribution < 1.29 is 0 Å². The topological polar surface area (TPSA) is 35.8 Å². The molecule has 0 aliphatic carbocycles. The maximum absolute atomic E-state index is 6.99. The summed E-state index contributed by atoms with van der Waals surface area (Å²) in [5.41, 5.74) is 6.99. The molecule has 0 aromatic heterocycles. The molecule has 1 aliphatic heterocycles. The highest BCUT2D eigenvalue weighted by Crippen LogP contribution is 2.10. The zero-order chi connectivity index (χ0) is 7.23. The molecule has 0 saturated carbocycles. The van der Waals surface area contributed by atoms with E-state index in [1.165, 1.54) is 32.2 Å². The zero-order valence-electron chi connectivity index (χ0n) is 6.53. The van der Waals surface area contributed by atoms with E-state index in [2.05, 4.69) is 5.32 Å². The van der Waals surface area contributed by atoms with Crippen LogP contribution in [0.3, 0.4) is 0 Å². The third kappa shape index (κ3) is 2.67. The first-order chi connectivity index (χ1) is 4.93. The summed E-state index contributed by atoms with van der Waals surface area (Å²) in [6.45, 7) is 1.79. The highest BCUT2D eigenvalue weighted by molar-refractivity contribution is 4.71. The van der Waals surface area contributed by atoms with Crippen molar-refractivity contribution >= 4 is 0 Å². The number of piperidine rings is 1. The smallest absolute Gasteiger partial charge is 0.0100 e. The Kier molecular flexibility index (Phi) is 3.76. The van der Waals surface area contributed by atoms with E-state index < -0.39 is 0 Å². The lowest BCUT2D eigenvalue weighted by atomic mass is 10.0. The van der Waals surface area contributed by atoms with Gasteiger partial charge in [-0.2, -0.15) is 0 Å². The summed E-state index contributed by atoms with van der Waals surface area (Å²) < 4.78 is 0. The average molecular weight is 141 g/mol. The molecule has 0 spiro atoms. The van der Waals surface area contributed by atoms with Gasteiger partial charge in [0, 0.05) is 12.6 Å². The molecule has 1 radical (unpaired) electrons. The summed E-state index contributed by atoms with van der Waals surface area (Å²) >= 11 is 0. The highest BCUT2D eigenvalue weighted by Gasteiger charge is 2.10. The van der Waals surface area contributed by atoms with E-state index in [0.29, 0.717) is 6.54 Å². The Balaban J connectivity index is 2.02. The maximum atomic E-state index is 6.99. The second kappa shape index (κ2) is 4.69. The van der Waals surface area contributed by atoms with Gasteiger partial charge in [0.1, 0.15) is 0 Å². The molecule has 0 bridgehead atoms. The molecule has 2 heteroatoms. The van der Waals surface area contributed by atoms with Gasteiger partial charge < -0.3 is 5.32 Å². The van der Waals surface area contributed by atoms with Gasteiger partial charge in [-0.3, -0.25) is 5.73 Å². The molecular formula is C8H17N2. The monoisotopic (exact) mass is 141 g/mol.